The molecule has 0 fully saturated rings. The van der Waals surface area contributed by atoms with E-state index in [0.717, 1.165) is 18.7 Å². The van der Waals surface area contributed by atoms with Gasteiger partial charge in [-0.15, -0.1) is 0 Å². The molecule has 0 N–H and O–H groups in total. The van der Waals surface area contributed by atoms with Crippen LogP contribution in [-0.2, 0) is 6.54 Å². The molecule has 0 unspecified atom stereocenters. The summed E-state index contributed by atoms with van der Waals surface area (Å²) in [4.78, 5) is 14.5. The largest absolute Gasteiger partial charge is 0.308 e. The molecule has 0 radical (unpaired) electrons. The van der Waals surface area contributed by atoms with Gasteiger partial charge in [-0.25, -0.2) is 0 Å². The summed E-state index contributed by atoms with van der Waals surface area (Å²) < 4.78 is 0. The van der Waals surface area contributed by atoms with Crippen LogP contribution in [0.15, 0.2) is 18.2 Å². The monoisotopic (exact) mass is 271 g/mol. The van der Waals surface area contributed by atoms with Crippen LogP contribution < -0.4 is 0 Å². The summed E-state index contributed by atoms with van der Waals surface area (Å²) in [5, 5.41) is 11.0. The Labute approximate surface area is 112 Å². The van der Waals surface area contributed by atoms with Crippen LogP contribution >= 0.6 is 11.6 Å². The third-order valence-electron chi connectivity index (χ3n) is 2.59. The molecule has 0 heterocycles. The minimum absolute atomic E-state index is 0.0322. The first-order chi connectivity index (χ1) is 8.40. The summed E-state index contributed by atoms with van der Waals surface area (Å²) in [5.41, 5.74) is 0.863. The molecule has 1 rings (SSSR count). The molecule has 18 heavy (non-hydrogen) atoms. The molecule has 1 aromatic carbocycles. The molecule has 0 aromatic heterocycles. The van der Waals surface area contributed by atoms with Crippen molar-refractivity contribution >= 4 is 17.3 Å². The minimum atomic E-state index is -0.453. The fourth-order valence-electron chi connectivity index (χ4n) is 1.56. The van der Waals surface area contributed by atoms with Crippen LogP contribution in [0.5, 0.6) is 0 Å². The average Bonchev–Trinajstić information content (AvgIpc) is 2.28. The quantitative estimate of drug-likeness (QED) is 0.588. The van der Waals surface area contributed by atoms with Crippen LogP contribution in [0.4, 0.5) is 5.69 Å². The van der Waals surface area contributed by atoms with Gasteiger partial charge in [-0.1, -0.05) is 17.7 Å². The minimum Gasteiger partial charge on any atom is -0.308 e. The summed E-state index contributed by atoms with van der Waals surface area (Å²) in [7, 11) is 6.02. The SMILES string of the molecule is CN(C)CCN(C)Cc1ccc(Cl)c([N+](=O)[O-])c1. The maximum atomic E-state index is 10.8. The Morgan fingerprint density at radius 2 is 1.94 bits per heavy atom. The summed E-state index contributed by atoms with van der Waals surface area (Å²) in [5.74, 6) is 0. The van der Waals surface area contributed by atoms with E-state index in [2.05, 4.69) is 9.80 Å². The first-order valence-corrected chi connectivity index (χ1v) is 6.04. The molecule has 0 aliphatic carbocycles. The van der Waals surface area contributed by atoms with E-state index in [1.165, 1.54) is 6.07 Å². The standard InChI is InChI=1S/C12H18ClN3O2/c1-14(2)6-7-15(3)9-10-4-5-11(13)12(8-10)16(17)18/h4-5,8H,6-7,9H2,1-3H3. The topological polar surface area (TPSA) is 49.6 Å². The lowest BCUT2D eigenvalue weighted by atomic mass is 10.2. The lowest BCUT2D eigenvalue weighted by Crippen LogP contribution is -2.28. The predicted molar refractivity (Wildman–Crippen MR) is 73.0 cm³/mol. The second-order valence-electron chi connectivity index (χ2n) is 4.58. The van der Waals surface area contributed by atoms with Crippen LogP contribution in [0.1, 0.15) is 5.56 Å². The van der Waals surface area contributed by atoms with Crippen molar-refractivity contribution in [2.75, 3.05) is 34.2 Å². The van der Waals surface area contributed by atoms with E-state index in [0.29, 0.717) is 6.54 Å². The van der Waals surface area contributed by atoms with Gasteiger partial charge < -0.3 is 9.80 Å². The van der Waals surface area contributed by atoms with Gasteiger partial charge >= 0.3 is 0 Å². The second kappa shape index (κ2) is 6.68. The van der Waals surface area contributed by atoms with E-state index in [9.17, 15) is 10.1 Å². The molecule has 0 spiro atoms. The number of hydrogen-bond donors (Lipinski definition) is 0. The molecule has 0 saturated carbocycles. The van der Waals surface area contributed by atoms with Crippen LogP contribution in [0.3, 0.4) is 0 Å². The Morgan fingerprint density at radius 3 is 2.50 bits per heavy atom. The Kier molecular flexibility index (Phi) is 5.53. The number of nitrogens with zero attached hydrogens (tertiary/aromatic N) is 3. The average molecular weight is 272 g/mol. The Morgan fingerprint density at radius 1 is 1.28 bits per heavy atom. The molecule has 0 saturated heterocycles. The van der Waals surface area contributed by atoms with E-state index in [4.69, 9.17) is 11.6 Å². The first-order valence-electron chi connectivity index (χ1n) is 5.66. The number of benzene rings is 1. The number of nitro groups is 1. The molecular formula is C12H18ClN3O2. The number of hydrogen-bond acceptors (Lipinski definition) is 4. The van der Waals surface area contributed by atoms with Crippen molar-refractivity contribution in [1.29, 1.82) is 0 Å². The van der Waals surface area contributed by atoms with Crippen molar-refractivity contribution in [1.82, 2.24) is 9.80 Å². The molecular weight excluding hydrogens is 254 g/mol. The summed E-state index contributed by atoms with van der Waals surface area (Å²) >= 11 is 5.77. The van der Waals surface area contributed by atoms with Gasteiger partial charge in [0.15, 0.2) is 0 Å². The van der Waals surface area contributed by atoms with Gasteiger partial charge in [-0.2, -0.15) is 0 Å². The van der Waals surface area contributed by atoms with Crippen LogP contribution in [0, 0.1) is 10.1 Å². The molecule has 0 bridgehead atoms. The molecule has 0 aliphatic heterocycles. The van der Waals surface area contributed by atoms with Gasteiger partial charge in [0.25, 0.3) is 5.69 Å². The smallest absolute Gasteiger partial charge is 0.288 e. The van der Waals surface area contributed by atoms with E-state index in [1.807, 2.05) is 27.2 Å². The maximum Gasteiger partial charge on any atom is 0.288 e. The highest BCUT2D eigenvalue weighted by molar-refractivity contribution is 6.32. The fraction of sp³-hybridized carbons (Fsp3) is 0.500. The zero-order chi connectivity index (χ0) is 13.7. The molecule has 1 aromatic rings. The van der Waals surface area contributed by atoms with Crippen LogP contribution in [0.2, 0.25) is 5.02 Å². The van der Waals surface area contributed by atoms with Gasteiger partial charge in [0.1, 0.15) is 5.02 Å². The Bertz CT molecular complexity index is 424. The molecule has 0 aliphatic rings. The van der Waals surface area contributed by atoms with E-state index in [-0.39, 0.29) is 10.7 Å². The van der Waals surface area contributed by atoms with Crippen molar-refractivity contribution in [3.8, 4) is 0 Å². The second-order valence-corrected chi connectivity index (χ2v) is 4.99. The number of likely N-dealkylation sites (N-methyl/N-ethyl adjacent to an activating group) is 2. The summed E-state index contributed by atoms with van der Waals surface area (Å²) in [6, 6.07) is 4.94. The third kappa shape index (κ3) is 4.60. The van der Waals surface area contributed by atoms with E-state index >= 15 is 0 Å². The lowest BCUT2D eigenvalue weighted by molar-refractivity contribution is -0.384. The van der Waals surface area contributed by atoms with Gasteiger partial charge in [-0.05, 0) is 32.8 Å². The zero-order valence-corrected chi connectivity index (χ0v) is 11.6. The first kappa shape index (κ1) is 14.9. The van der Waals surface area contributed by atoms with Gasteiger partial charge in [-0.3, -0.25) is 10.1 Å². The number of halogens is 1. The van der Waals surface area contributed by atoms with E-state index < -0.39 is 4.92 Å². The normalized spacial score (nSPS) is 11.2. The molecule has 0 atom stereocenters. The maximum absolute atomic E-state index is 10.8. The highest BCUT2D eigenvalue weighted by Crippen LogP contribution is 2.25. The van der Waals surface area contributed by atoms with E-state index in [1.54, 1.807) is 6.07 Å². The highest BCUT2D eigenvalue weighted by Gasteiger charge is 2.13. The fourth-order valence-corrected chi connectivity index (χ4v) is 1.74. The van der Waals surface area contributed by atoms with Crippen molar-refractivity contribution in [3.05, 3.63) is 38.9 Å². The molecule has 6 heteroatoms. The van der Waals surface area contributed by atoms with Crippen molar-refractivity contribution in [3.63, 3.8) is 0 Å². The van der Waals surface area contributed by atoms with Gasteiger partial charge in [0.2, 0.25) is 0 Å². The van der Waals surface area contributed by atoms with Crippen molar-refractivity contribution < 1.29 is 4.92 Å². The zero-order valence-electron chi connectivity index (χ0n) is 10.9. The van der Waals surface area contributed by atoms with Crippen LogP contribution in [-0.4, -0.2) is 49.0 Å². The van der Waals surface area contributed by atoms with Gasteiger partial charge in [0.05, 0.1) is 4.92 Å². The molecule has 100 valence electrons. The predicted octanol–water partition coefficient (Wildman–Crippen LogP) is 2.24. The highest BCUT2D eigenvalue weighted by atomic mass is 35.5. The lowest BCUT2D eigenvalue weighted by Gasteiger charge is -2.19. The van der Waals surface area contributed by atoms with Crippen molar-refractivity contribution in [2.45, 2.75) is 6.54 Å². The Balaban J connectivity index is 2.67. The van der Waals surface area contributed by atoms with Crippen molar-refractivity contribution in [2.24, 2.45) is 0 Å². The van der Waals surface area contributed by atoms with Gasteiger partial charge in [0, 0.05) is 25.7 Å². The third-order valence-corrected chi connectivity index (χ3v) is 2.91. The molecule has 5 nitrogen and oxygen atoms in total. The number of rotatable bonds is 6. The Hall–Kier alpha value is -1.17. The van der Waals surface area contributed by atoms with Crippen LogP contribution in [0.25, 0.3) is 0 Å². The molecule has 0 amide bonds. The summed E-state index contributed by atoms with van der Waals surface area (Å²) in [6.07, 6.45) is 0. The summed E-state index contributed by atoms with van der Waals surface area (Å²) in [6.45, 7) is 2.53. The number of nitro benzene ring substituents is 1.